The first-order valence-corrected chi connectivity index (χ1v) is 7.82. The van der Waals surface area contributed by atoms with E-state index in [2.05, 4.69) is 15.5 Å². The number of carbonyl (C=O) groups excluding carboxylic acids is 1. The SMILES string of the molecule is Cc1n[nH]c(C)c1CNCCN(C(=O)OC(C)(C)C)C(C)C. The molecule has 0 radical (unpaired) electrons. The van der Waals surface area contributed by atoms with Gasteiger partial charge in [-0.1, -0.05) is 0 Å². The average molecular weight is 310 g/mol. The molecular weight excluding hydrogens is 280 g/mol. The molecule has 0 bridgehead atoms. The van der Waals surface area contributed by atoms with Crippen molar-refractivity contribution in [3.63, 3.8) is 0 Å². The molecule has 0 spiro atoms. The summed E-state index contributed by atoms with van der Waals surface area (Å²) in [6.07, 6.45) is -0.264. The second kappa shape index (κ2) is 7.63. The van der Waals surface area contributed by atoms with E-state index in [1.807, 2.05) is 48.5 Å². The van der Waals surface area contributed by atoms with Gasteiger partial charge in [-0.25, -0.2) is 4.79 Å². The highest BCUT2D eigenvalue weighted by Crippen LogP contribution is 2.12. The Hall–Kier alpha value is -1.56. The highest BCUT2D eigenvalue weighted by atomic mass is 16.6. The number of aromatic nitrogens is 2. The average Bonchev–Trinajstić information content (AvgIpc) is 2.67. The number of amides is 1. The monoisotopic (exact) mass is 310 g/mol. The molecule has 0 saturated carbocycles. The second-order valence-corrected chi connectivity index (χ2v) is 6.86. The Balaban J connectivity index is 2.47. The fourth-order valence-electron chi connectivity index (χ4n) is 2.13. The quantitative estimate of drug-likeness (QED) is 0.793. The zero-order chi connectivity index (χ0) is 16.9. The molecule has 0 aromatic carbocycles. The van der Waals surface area contributed by atoms with E-state index in [-0.39, 0.29) is 12.1 Å². The second-order valence-electron chi connectivity index (χ2n) is 6.86. The van der Waals surface area contributed by atoms with Crippen LogP contribution in [0.1, 0.15) is 51.6 Å². The van der Waals surface area contributed by atoms with Crippen molar-refractivity contribution >= 4 is 6.09 Å². The summed E-state index contributed by atoms with van der Waals surface area (Å²) in [5, 5.41) is 10.5. The molecule has 0 aliphatic carbocycles. The first kappa shape index (κ1) is 18.5. The number of hydrogen-bond acceptors (Lipinski definition) is 4. The number of nitrogens with zero attached hydrogens (tertiary/aromatic N) is 2. The maximum Gasteiger partial charge on any atom is 0.410 e. The molecule has 0 aliphatic heterocycles. The van der Waals surface area contributed by atoms with Gasteiger partial charge in [0.1, 0.15) is 5.60 Å². The van der Waals surface area contributed by atoms with Gasteiger partial charge in [0, 0.05) is 36.9 Å². The van der Waals surface area contributed by atoms with Gasteiger partial charge in [0.25, 0.3) is 0 Å². The first-order valence-electron chi connectivity index (χ1n) is 7.82. The van der Waals surface area contributed by atoms with Gasteiger partial charge in [-0.3, -0.25) is 5.10 Å². The largest absolute Gasteiger partial charge is 0.444 e. The van der Waals surface area contributed by atoms with E-state index in [9.17, 15) is 4.79 Å². The van der Waals surface area contributed by atoms with Crippen LogP contribution in [-0.2, 0) is 11.3 Å². The van der Waals surface area contributed by atoms with Gasteiger partial charge in [-0.05, 0) is 48.5 Å². The topological polar surface area (TPSA) is 70.2 Å². The number of ether oxygens (including phenoxy) is 1. The molecule has 126 valence electrons. The zero-order valence-electron chi connectivity index (χ0n) is 14.9. The number of rotatable bonds is 6. The van der Waals surface area contributed by atoms with Crippen LogP contribution >= 0.6 is 0 Å². The van der Waals surface area contributed by atoms with Gasteiger partial charge < -0.3 is 15.0 Å². The van der Waals surface area contributed by atoms with Crippen molar-refractivity contribution in [2.45, 2.75) is 66.7 Å². The van der Waals surface area contributed by atoms with Gasteiger partial charge >= 0.3 is 6.09 Å². The van der Waals surface area contributed by atoms with Gasteiger partial charge in [-0.15, -0.1) is 0 Å². The van der Waals surface area contributed by atoms with Crippen molar-refractivity contribution in [2.24, 2.45) is 0 Å². The van der Waals surface area contributed by atoms with Crippen LogP contribution in [0.3, 0.4) is 0 Å². The van der Waals surface area contributed by atoms with E-state index in [0.29, 0.717) is 13.1 Å². The lowest BCUT2D eigenvalue weighted by atomic mass is 10.2. The summed E-state index contributed by atoms with van der Waals surface area (Å²) in [7, 11) is 0. The van der Waals surface area contributed by atoms with E-state index in [0.717, 1.165) is 17.9 Å². The van der Waals surface area contributed by atoms with Crippen molar-refractivity contribution in [1.29, 1.82) is 0 Å². The number of aromatic amines is 1. The van der Waals surface area contributed by atoms with E-state index in [1.165, 1.54) is 5.56 Å². The van der Waals surface area contributed by atoms with Crippen LogP contribution in [0.2, 0.25) is 0 Å². The summed E-state index contributed by atoms with van der Waals surface area (Å²) in [5.41, 5.74) is 2.81. The molecule has 2 N–H and O–H groups in total. The lowest BCUT2D eigenvalue weighted by molar-refractivity contribution is 0.0193. The van der Waals surface area contributed by atoms with Crippen molar-refractivity contribution < 1.29 is 9.53 Å². The van der Waals surface area contributed by atoms with Crippen LogP contribution in [0.15, 0.2) is 0 Å². The van der Waals surface area contributed by atoms with Crippen molar-refractivity contribution in [3.05, 3.63) is 17.0 Å². The summed E-state index contributed by atoms with van der Waals surface area (Å²) in [4.78, 5) is 13.9. The van der Waals surface area contributed by atoms with Crippen LogP contribution in [0.4, 0.5) is 4.79 Å². The Labute approximate surface area is 133 Å². The predicted octanol–water partition coefficient (Wildman–Crippen LogP) is 2.76. The third-order valence-electron chi connectivity index (χ3n) is 3.36. The van der Waals surface area contributed by atoms with E-state index in [4.69, 9.17) is 4.74 Å². The van der Waals surface area contributed by atoms with E-state index < -0.39 is 5.60 Å². The summed E-state index contributed by atoms with van der Waals surface area (Å²) >= 11 is 0. The van der Waals surface area contributed by atoms with Crippen molar-refractivity contribution in [1.82, 2.24) is 20.4 Å². The molecule has 0 aliphatic rings. The Kier molecular flexibility index (Phi) is 6.41. The number of nitrogens with one attached hydrogen (secondary N) is 2. The third kappa shape index (κ3) is 5.67. The highest BCUT2D eigenvalue weighted by Gasteiger charge is 2.23. The zero-order valence-corrected chi connectivity index (χ0v) is 14.9. The predicted molar refractivity (Wildman–Crippen MR) is 87.8 cm³/mol. The van der Waals surface area contributed by atoms with Crippen LogP contribution in [-0.4, -0.2) is 45.9 Å². The van der Waals surface area contributed by atoms with Gasteiger partial charge in [0.15, 0.2) is 0 Å². The Bertz CT molecular complexity index is 469. The lowest BCUT2D eigenvalue weighted by Crippen LogP contribution is -2.44. The summed E-state index contributed by atoms with van der Waals surface area (Å²) in [6.45, 7) is 15.7. The smallest absolute Gasteiger partial charge is 0.410 e. The molecule has 1 aromatic heterocycles. The van der Waals surface area contributed by atoms with Crippen molar-refractivity contribution in [3.8, 4) is 0 Å². The Morgan fingerprint density at radius 2 is 2.00 bits per heavy atom. The molecule has 0 atom stereocenters. The first-order chi connectivity index (χ1) is 10.1. The summed E-state index contributed by atoms with van der Waals surface area (Å²) < 4.78 is 5.45. The Morgan fingerprint density at radius 1 is 1.36 bits per heavy atom. The summed E-state index contributed by atoms with van der Waals surface area (Å²) in [5.74, 6) is 0. The van der Waals surface area contributed by atoms with E-state index in [1.54, 1.807) is 4.90 Å². The highest BCUT2D eigenvalue weighted by molar-refractivity contribution is 5.68. The minimum atomic E-state index is -0.470. The Morgan fingerprint density at radius 3 is 2.45 bits per heavy atom. The van der Waals surface area contributed by atoms with Crippen LogP contribution < -0.4 is 5.32 Å². The van der Waals surface area contributed by atoms with Gasteiger partial charge in [-0.2, -0.15) is 5.10 Å². The normalized spacial score (nSPS) is 11.8. The number of carbonyl (C=O) groups is 1. The maximum atomic E-state index is 12.2. The molecule has 1 amide bonds. The fraction of sp³-hybridized carbons (Fsp3) is 0.750. The maximum absolute atomic E-state index is 12.2. The molecule has 6 nitrogen and oxygen atoms in total. The molecule has 6 heteroatoms. The number of aryl methyl sites for hydroxylation is 2. The molecule has 1 aromatic rings. The molecular formula is C16H30N4O2. The minimum absolute atomic E-state index is 0.106. The minimum Gasteiger partial charge on any atom is -0.444 e. The standard InChI is InChI=1S/C16H30N4O2/c1-11(2)20(15(21)22-16(5,6)7)9-8-17-10-14-12(3)18-19-13(14)4/h11,17H,8-10H2,1-7H3,(H,18,19). The van der Waals surface area contributed by atoms with Crippen molar-refractivity contribution in [2.75, 3.05) is 13.1 Å². The molecule has 0 unspecified atom stereocenters. The molecule has 22 heavy (non-hydrogen) atoms. The number of hydrogen-bond donors (Lipinski definition) is 2. The van der Waals surface area contributed by atoms with Crippen LogP contribution in [0, 0.1) is 13.8 Å². The number of H-pyrrole nitrogens is 1. The molecule has 0 saturated heterocycles. The van der Waals surface area contributed by atoms with Crippen LogP contribution in [0.25, 0.3) is 0 Å². The van der Waals surface area contributed by atoms with Gasteiger partial charge in [0.2, 0.25) is 0 Å². The van der Waals surface area contributed by atoms with Crippen LogP contribution in [0.5, 0.6) is 0 Å². The molecule has 1 rings (SSSR count). The van der Waals surface area contributed by atoms with E-state index >= 15 is 0 Å². The lowest BCUT2D eigenvalue weighted by Gasteiger charge is -2.30. The molecule has 1 heterocycles. The van der Waals surface area contributed by atoms with Gasteiger partial charge in [0.05, 0.1) is 5.69 Å². The summed E-state index contributed by atoms with van der Waals surface area (Å²) in [6, 6.07) is 0.106. The molecule has 0 fully saturated rings. The fourth-order valence-corrected chi connectivity index (χ4v) is 2.13. The third-order valence-corrected chi connectivity index (χ3v) is 3.36.